The number of hydrogen-bond acceptors (Lipinski definition) is 7. The van der Waals surface area contributed by atoms with E-state index in [9.17, 15) is 13.2 Å². The molecule has 0 aliphatic rings. The molecule has 0 saturated carbocycles. The Labute approximate surface area is 237 Å². The molecule has 206 valence electrons. The quantitative estimate of drug-likeness (QED) is 0.267. The van der Waals surface area contributed by atoms with Crippen molar-refractivity contribution in [1.29, 1.82) is 0 Å². The Morgan fingerprint density at radius 2 is 1.74 bits per heavy atom. The zero-order valence-corrected chi connectivity index (χ0v) is 24.0. The van der Waals surface area contributed by atoms with Crippen molar-refractivity contribution in [3.05, 3.63) is 76.5 Å². The highest BCUT2D eigenvalue weighted by molar-refractivity contribution is 7.92. The summed E-state index contributed by atoms with van der Waals surface area (Å²) in [5.74, 6) is -0.134. The van der Waals surface area contributed by atoms with Crippen molar-refractivity contribution in [1.82, 2.24) is 14.8 Å². The minimum Gasteiger partial charge on any atom is -0.459 e. The highest BCUT2D eigenvalue weighted by Crippen LogP contribution is 2.31. The van der Waals surface area contributed by atoms with Gasteiger partial charge in [-0.1, -0.05) is 23.2 Å². The van der Waals surface area contributed by atoms with Crippen molar-refractivity contribution >= 4 is 55.8 Å². The summed E-state index contributed by atoms with van der Waals surface area (Å²) in [5, 5.41) is 18.5. The number of benzene rings is 2. The van der Waals surface area contributed by atoms with Crippen LogP contribution in [0.4, 0.5) is 5.69 Å². The first-order chi connectivity index (χ1) is 18.4. The van der Waals surface area contributed by atoms with Gasteiger partial charge in [0.15, 0.2) is 5.82 Å². The van der Waals surface area contributed by atoms with Crippen LogP contribution in [0.25, 0.3) is 16.7 Å². The number of sulfonamides is 1. The van der Waals surface area contributed by atoms with E-state index in [4.69, 9.17) is 33.0 Å². The lowest BCUT2D eigenvalue weighted by atomic mass is 10.2. The fourth-order valence-electron chi connectivity index (χ4n) is 3.97. The molecule has 1 N–H and O–H groups in total. The molecule has 0 fully saturated rings. The number of rotatable bonds is 9. The maximum Gasteiger partial charge on any atom is 0.327 e. The smallest absolute Gasteiger partial charge is 0.327 e. The predicted octanol–water partition coefficient (Wildman–Crippen LogP) is 5.19. The summed E-state index contributed by atoms with van der Waals surface area (Å²) < 4.78 is 35.8. The number of aliphatic hydroxyl groups is 1. The standard InChI is InChI=1S/C27H28Cl2N4O5S/c1-27(2,3)38-26(35)17-33(39(36,37)23-15-19(28)14-20(29)16-23)22-7-8-24-18(13-22)10-11-32(24)25-9-6-21(30-31-25)5-4-12-34/h6-11,13-16,34H,4-5,12,17H2,1-3H3. The van der Waals surface area contributed by atoms with Crippen LogP contribution in [0.5, 0.6) is 0 Å². The molecule has 2 aromatic carbocycles. The Bertz CT molecular complexity index is 1580. The lowest BCUT2D eigenvalue weighted by Gasteiger charge is -2.26. The molecule has 0 aliphatic carbocycles. The molecule has 0 amide bonds. The number of carbonyl (C=O) groups is 1. The van der Waals surface area contributed by atoms with Gasteiger partial charge in [0.25, 0.3) is 10.0 Å². The van der Waals surface area contributed by atoms with Gasteiger partial charge in [0.2, 0.25) is 0 Å². The van der Waals surface area contributed by atoms with Crippen LogP contribution in [-0.2, 0) is 26.0 Å². The third-order valence-electron chi connectivity index (χ3n) is 5.62. The first kappa shape index (κ1) is 28.8. The van der Waals surface area contributed by atoms with Crippen LogP contribution in [0.2, 0.25) is 10.0 Å². The summed E-state index contributed by atoms with van der Waals surface area (Å²) in [7, 11) is -4.26. The van der Waals surface area contributed by atoms with E-state index in [1.807, 2.05) is 22.8 Å². The molecule has 2 aromatic heterocycles. The second-order valence-electron chi connectivity index (χ2n) is 9.84. The summed E-state index contributed by atoms with van der Waals surface area (Å²) in [6.45, 7) is 4.64. The number of fused-ring (bicyclic) bond motifs is 1. The molecule has 0 saturated heterocycles. The van der Waals surface area contributed by atoms with Crippen molar-refractivity contribution in [2.45, 2.75) is 44.1 Å². The van der Waals surface area contributed by atoms with Crippen LogP contribution < -0.4 is 4.31 Å². The summed E-state index contributed by atoms with van der Waals surface area (Å²) in [6.07, 6.45) is 3.03. The van der Waals surface area contributed by atoms with Gasteiger partial charge in [-0.05, 0) is 88.2 Å². The molecule has 12 heteroatoms. The van der Waals surface area contributed by atoms with E-state index in [1.54, 1.807) is 45.2 Å². The first-order valence-corrected chi connectivity index (χ1v) is 14.3. The second-order valence-corrected chi connectivity index (χ2v) is 12.6. The maximum atomic E-state index is 13.8. The molecule has 0 unspecified atom stereocenters. The van der Waals surface area contributed by atoms with Gasteiger partial charge in [0.05, 0.1) is 21.8 Å². The average Bonchev–Trinajstić information content (AvgIpc) is 3.28. The molecule has 39 heavy (non-hydrogen) atoms. The molecule has 0 radical (unpaired) electrons. The van der Waals surface area contributed by atoms with Gasteiger partial charge in [-0.25, -0.2) is 8.42 Å². The van der Waals surface area contributed by atoms with E-state index < -0.39 is 28.1 Å². The number of carbonyl (C=O) groups excluding carboxylic acids is 1. The minimum atomic E-state index is -4.26. The number of esters is 1. The van der Waals surface area contributed by atoms with E-state index in [1.165, 1.54) is 18.2 Å². The Kier molecular flexibility index (Phi) is 8.51. The van der Waals surface area contributed by atoms with Gasteiger partial charge >= 0.3 is 5.97 Å². The molecule has 0 bridgehead atoms. The topological polar surface area (TPSA) is 115 Å². The summed E-state index contributed by atoms with van der Waals surface area (Å²) in [5.41, 5.74) is 0.988. The molecule has 9 nitrogen and oxygen atoms in total. The third-order valence-corrected chi connectivity index (χ3v) is 7.81. The van der Waals surface area contributed by atoms with Crippen molar-refractivity contribution in [3.8, 4) is 5.82 Å². The minimum absolute atomic E-state index is 0.0824. The molecule has 4 rings (SSSR count). The number of halogens is 2. The molecular weight excluding hydrogens is 563 g/mol. The number of hydrogen-bond donors (Lipinski definition) is 1. The molecule has 2 heterocycles. The number of aryl methyl sites for hydroxylation is 1. The van der Waals surface area contributed by atoms with Crippen LogP contribution in [0.1, 0.15) is 32.9 Å². The van der Waals surface area contributed by atoms with E-state index >= 15 is 0 Å². The number of ether oxygens (including phenoxy) is 1. The Hall–Kier alpha value is -3.18. The summed E-state index contributed by atoms with van der Waals surface area (Å²) >= 11 is 12.2. The van der Waals surface area contributed by atoms with E-state index in [-0.39, 0.29) is 27.2 Å². The summed E-state index contributed by atoms with van der Waals surface area (Å²) in [4.78, 5) is 12.6. The van der Waals surface area contributed by atoms with Gasteiger partial charge in [-0.2, -0.15) is 5.10 Å². The lowest BCUT2D eigenvalue weighted by molar-refractivity contribution is -0.152. The monoisotopic (exact) mass is 590 g/mol. The van der Waals surface area contributed by atoms with E-state index in [0.717, 1.165) is 15.5 Å². The number of nitrogens with zero attached hydrogens (tertiary/aromatic N) is 4. The predicted molar refractivity (Wildman–Crippen MR) is 151 cm³/mol. The molecular formula is C27H28Cl2N4O5S. The van der Waals surface area contributed by atoms with E-state index in [2.05, 4.69) is 10.2 Å². The normalized spacial score (nSPS) is 12.1. The highest BCUT2D eigenvalue weighted by atomic mass is 35.5. The van der Waals surface area contributed by atoms with Crippen LogP contribution >= 0.6 is 23.2 Å². The van der Waals surface area contributed by atoms with Gasteiger partial charge in [0, 0.05) is 28.2 Å². The SMILES string of the molecule is CC(C)(C)OC(=O)CN(c1ccc2c(ccn2-c2ccc(CCCO)nn2)c1)S(=O)(=O)c1cc(Cl)cc(Cl)c1. The van der Waals surface area contributed by atoms with Crippen LogP contribution in [0.15, 0.2) is 65.7 Å². The zero-order valence-electron chi connectivity index (χ0n) is 21.6. The largest absolute Gasteiger partial charge is 0.459 e. The Morgan fingerprint density at radius 1 is 1.03 bits per heavy atom. The van der Waals surface area contributed by atoms with Crippen LogP contribution in [0.3, 0.4) is 0 Å². The Balaban J connectivity index is 1.74. The van der Waals surface area contributed by atoms with Crippen LogP contribution in [-0.4, -0.2) is 53.0 Å². The van der Waals surface area contributed by atoms with Crippen molar-refractivity contribution in [2.24, 2.45) is 0 Å². The highest BCUT2D eigenvalue weighted by Gasteiger charge is 2.30. The average molecular weight is 592 g/mol. The number of anilines is 1. The van der Waals surface area contributed by atoms with Crippen molar-refractivity contribution in [3.63, 3.8) is 0 Å². The molecule has 0 atom stereocenters. The maximum absolute atomic E-state index is 13.8. The second kappa shape index (κ2) is 11.5. The van der Waals surface area contributed by atoms with E-state index in [0.29, 0.717) is 24.0 Å². The third kappa shape index (κ3) is 6.88. The van der Waals surface area contributed by atoms with Gasteiger partial charge in [-0.3, -0.25) is 13.7 Å². The van der Waals surface area contributed by atoms with Crippen LogP contribution in [0, 0.1) is 0 Å². The zero-order chi connectivity index (χ0) is 28.4. The van der Waals surface area contributed by atoms with Gasteiger partial charge < -0.3 is 9.84 Å². The number of aliphatic hydroxyl groups excluding tert-OH is 1. The first-order valence-electron chi connectivity index (χ1n) is 12.1. The Morgan fingerprint density at radius 3 is 2.36 bits per heavy atom. The van der Waals surface area contributed by atoms with Gasteiger partial charge in [0.1, 0.15) is 12.1 Å². The van der Waals surface area contributed by atoms with Gasteiger partial charge in [-0.15, -0.1) is 5.10 Å². The van der Waals surface area contributed by atoms with Crippen molar-refractivity contribution in [2.75, 3.05) is 17.5 Å². The van der Waals surface area contributed by atoms with Crippen molar-refractivity contribution < 1.29 is 23.1 Å². The fourth-order valence-corrected chi connectivity index (χ4v) is 6.10. The summed E-state index contributed by atoms with van der Waals surface area (Å²) in [6, 6.07) is 14.5. The number of aromatic nitrogens is 3. The molecule has 0 spiro atoms. The lowest BCUT2D eigenvalue weighted by Crippen LogP contribution is -2.39. The molecule has 4 aromatic rings. The fraction of sp³-hybridized carbons (Fsp3) is 0.296. The molecule has 0 aliphatic heterocycles.